The molecule has 0 aliphatic carbocycles. The van der Waals surface area contributed by atoms with Gasteiger partial charge in [0.05, 0.1) is 38.5 Å². The average Bonchev–Trinajstić information content (AvgIpc) is 3.21. The van der Waals surface area contributed by atoms with Crippen LogP contribution in [0.1, 0.15) is 17.0 Å². The number of nitrogens with two attached hydrogens (primary N) is 1. The lowest BCUT2D eigenvalue weighted by molar-refractivity contribution is 0.338. The van der Waals surface area contributed by atoms with Gasteiger partial charge in [0.15, 0.2) is 11.5 Å². The van der Waals surface area contributed by atoms with Crippen molar-refractivity contribution in [1.82, 2.24) is 10.2 Å². The van der Waals surface area contributed by atoms with E-state index in [1.807, 2.05) is 24.3 Å². The average molecular weight is 420 g/mol. The molecule has 2 aromatic carbocycles. The van der Waals surface area contributed by atoms with E-state index >= 15 is 0 Å². The molecule has 0 amide bonds. The van der Waals surface area contributed by atoms with Gasteiger partial charge >= 0.3 is 0 Å². The van der Waals surface area contributed by atoms with E-state index in [1.54, 1.807) is 19.2 Å². The summed E-state index contributed by atoms with van der Waals surface area (Å²) in [6.07, 6.45) is 0. The molecular weight excluding hydrogens is 400 g/mol. The SMILES string of the molecule is COc1cccc(-c2[nH]nc3c2[C@@H](c2cc(OC)c(O)c(OC)c2)C(C#N)=C(N)O3)c1. The van der Waals surface area contributed by atoms with Crippen LogP contribution in [0.5, 0.6) is 28.9 Å². The Morgan fingerprint density at radius 2 is 1.84 bits per heavy atom. The van der Waals surface area contributed by atoms with Crippen molar-refractivity contribution in [3.63, 3.8) is 0 Å². The summed E-state index contributed by atoms with van der Waals surface area (Å²) in [6.45, 7) is 0. The number of allylic oxidation sites excluding steroid dienone is 1. The molecule has 0 saturated heterocycles. The summed E-state index contributed by atoms with van der Waals surface area (Å²) in [5.41, 5.74) is 8.91. The lowest BCUT2D eigenvalue weighted by Gasteiger charge is -2.25. The maximum Gasteiger partial charge on any atom is 0.244 e. The Balaban J connectivity index is 1.98. The minimum atomic E-state index is -0.642. The molecule has 158 valence electrons. The van der Waals surface area contributed by atoms with Crippen molar-refractivity contribution < 1.29 is 24.1 Å². The van der Waals surface area contributed by atoms with Crippen LogP contribution in [-0.2, 0) is 0 Å². The van der Waals surface area contributed by atoms with Crippen LogP contribution in [0.3, 0.4) is 0 Å². The van der Waals surface area contributed by atoms with Crippen molar-refractivity contribution in [2.45, 2.75) is 5.92 Å². The summed E-state index contributed by atoms with van der Waals surface area (Å²) in [7, 11) is 4.45. The van der Waals surface area contributed by atoms with E-state index in [4.69, 9.17) is 24.7 Å². The molecule has 4 rings (SSSR count). The van der Waals surface area contributed by atoms with E-state index in [1.165, 1.54) is 14.2 Å². The number of nitrogens with one attached hydrogen (secondary N) is 1. The van der Waals surface area contributed by atoms with Crippen LogP contribution in [0, 0.1) is 11.3 Å². The fourth-order valence-corrected chi connectivity index (χ4v) is 3.66. The molecule has 9 heteroatoms. The van der Waals surface area contributed by atoms with Gasteiger partial charge in [0.2, 0.25) is 17.5 Å². The second-order valence-electron chi connectivity index (χ2n) is 6.75. The monoisotopic (exact) mass is 420 g/mol. The van der Waals surface area contributed by atoms with Crippen LogP contribution in [-0.4, -0.2) is 36.6 Å². The first-order chi connectivity index (χ1) is 15.0. The van der Waals surface area contributed by atoms with Gasteiger partial charge in [-0.25, -0.2) is 0 Å². The lowest BCUT2D eigenvalue weighted by Crippen LogP contribution is -2.21. The maximum atomic E-state index is 10.3. The second kappa shape index (κ2) is 7.84. The second-order valence-corrected chi connectivity index (χ2v) is 6.75. The van der Waals surface area contributed by atoms with E-state index in [0.29, 0.717) is 22.6 Å². The number of aromatic amines is 1. The molecule has 1 atom stereocenters. The number of aromatic nitrogens is 2. The molecule has 1 aromatic heterocycles. The van der Waals surface area contributed by atoms with Crippen molar-refractivity contribution >= 4 is 0 Å². The molecule has 0 radical (unpaired) electrons. The highest BCUT2D eigenvalue weighted by atomic mass is 16.5. The van der Waals surface area contributed by atoms with Gasteiger partial charge in [-0.3, -0.25) is 5.10 Å². The number of hydrogen-bond acceptors (Lipinski definition) is 8. The third-order valence-corrected chi connectivity index (χ3v) is 5.13. The first-order valence-corrected chi connectivity index (χ1v) is 9.27. The number of aromatic hydroxyl groups is 1. The minimum Gasteiger partial charge on any atom is -0.502 e. The van der Waals surface area contributed by atoms with E-state index < -0.39 is 5.92 Å². The zero-order valence-corrected chi connectivity index (χ0v) is 17.1. The summed E-state index contributed by atoms with van der Waals surface area (Å²) in [6, 6.07) is 12.8. The molecule has 0 fully saturated rings. The van der Waals surface area contributed by atoms with Crippen LogP contribution in [0.2, 0.25) is 0 Å². The number of ether oxygens (including phenoxy) is 4. The van der Waals surface area contributed by atoms with Crippen LogP contribution in [0.15, 0.2) is 47.9 Å². The minimum absolute atomic E-state index is 0.0466. The Morgan fingerprint density at radius 3 is 2.45 bits per heavy atom. The molecule has 1 aliphatic rings. The predicted octanol–water partition coefficient (Wildman–Crippen LogP) is 3.03. The molecule has 4 N–H and O–H groups in total. The van der Waals surface area contributed by atoms with E-state index in [9.17, 15) is 10.4 Å². The van der Waals surface area contributed by atoms with Crippen molar-refractivity contribution in [2.24, 2.45) is 5.73 Å². The lowest BCUT2D eigenvalue weighted by atomic mass is 9.82. The van der Waals surface area contributed by atoms with Crippen LogP contribution in [0.4, 0.5) is 0 Å². The van der Waals surface area contributed by atoms with Gasteiger partial charge in [-0.05, 0) is 29.8 Å². The molecule has 3 aromatic rings. The number of nitriles is 1. The molecule has 0 bridgehead atoms. The van der Waals surface area contributed by atoms with E-state index in [2.05, 4.69) is 16.3 Å². The highest BCUT2D eigenvalue weighted by molar-refractivity contribution is 5.72. The third kappa shape index (κ3) is 3.24. The predicted molar refractivity (Wildman–Crippen MR) is 111 cm³/mol. The number of rotatable bonds is 5. The Hall–Kier alpha value is -4.32. The van der Waals surface area contributed by atoms with Crippen molar-refractivity contribution in [3.05, 3.63) is 59.0 Å². The fourth-order valence-electron chi connectivity index (χ4n) is 3.66. The zero-order valence-electron chi connectivity index (χ0n) is 17.1. The van der Waals surface area contributed by atoms with Crippen molar-refractivity contribution in [1.29, 1.82) is 5.26 Å². The standard InChI is InChI=1S/C22H20N4O5/c1-28-13-6-4-5-11(7-13)19-18-17(14(10-23)21(24)31-22(18)26-25-19)12-8-15(29-2)20(27)16(9-12)30-3/h4-9,17,27H,24H2,1-3H3,(H,25,26)/t17-/m0/s1. The molecule has 31 heavy (non-hydrogen) atoms. The molecule has 9 nitrogen and oxygen atoms in total. The number of H-pyrrole nitrogens is 1. The van der Waals surface area contributed by atoms with Crippen molar-refractivity contribution in [3.8, 4) is 46.2 Å². The summed E-state index contributed by atoms with van der Waals surface area (Å²) in [5.74, 6) is 0.487. The molecular formula is C22H20N4O5. The molecule has 0 saturated carbocycles. The van der Waals surface area contributed by atoms with Gasteiger partial charge < -0.3 is 29.8 Å². The number of phenolic OH excluding ortho intramolecular Hbond substituents is 1. The van der Waals surface area contributed by atoms with E-state index in [0.717, 1.165) is 5.56 Å². The maximum absolute atomic E-state index is 10.3. The summed E-state index contributed by atoms with van der Waals surface area (Å²) >= 11 is 0. The van der Waals surface area contributed by atoms with Crippen LogP contribution >= 0.6 is 0 Å². The van der Waals surface area contributed by atoms with Crippen LogP contribution < -0.4 is 24.7 Å². The number of methoxy groups -OCH3 is 3. The van der Waals surface area contributed by atoms with Gasteiger partial charge in [0, 0.05) is 5.56 Å². The van der Waals surface area contributed by atoms with Gasteiger partial charge in [0.1, 0.15) is 17.4 Å². The van der Waals surface area contributed by atoms with Gasteiger partial charge in [-0.15, -0.1) is 5.10 Å². The largest absolute Gasteiger partial charge is 0.502 e. The zero-order chi connectivity index (χ0) is 22.1. The Morgan fingerprint density at radius 1 is 1.13 bits per heavy atom. The Kier molecular flexibility index (Phi) is 5.05. The number of phenols is 1. The highest BCUT2D eigenvalue weighted by Gasteiger charge is 2.36. The molecule has 0 unspecified atom stereocenters. The van der Waals surface area contributed by atoms with Gasteiger partial charge in [0.25, 0.3) is 0 Å². The van der Waals surface area contributed by atoms with Gasteiger partial charge in [-0.1, -0.05) is 12.1 Å². The molecule has 2 heterocycles. The first kappa shape index (κ1) is 20.0. The normalized spacial score (nSPS) is 15.0. The van der Waals surface area contributed by atoms with Crippen molar-refractivity contribution in [2.75, 3.05) is 21.3 Å². The topological polar surface area (TPSA) is 136 Å². The van der Waals surface area contributed by atoms with E-state index in [-0.39, 0.29) is 34.6 Å². The number of nitrogens with zero attached hydrogens (tertiary/aromatic N) is 2. The first-order valence-electron chi connectivity index (χ1n) is 9.27. The molecule has 0 spiro atoms. The Labute approximate surface area is 178 Å². The quantitative estimate of drug-likeness (QED) is 0.573. The fraction of sp³-hybridized carbons (Fsp3) is 0.182. The summed E-state index contributed by atoms with van der Waals surface area (Å²) < 4.78 is 21.6. The number of benzene rings is 2. The van der Waals surface area contributed by atoms with Gasteiger partial charge in [-0.2, -0.15) is 5.26 Å². The third-order valence-electron chi connectivity index (χ3n) is 5.13. The smallest absolute Gasteiger partial charge is 0.244 e. The number of fused-ring (bicyclic) bond motifs is 1. The number of hydrogen-bond donors (Lipinski definition) is 3. The molecule has 1 aliphatic heterocycles. The Bertz CT molecular complexity index is 1200. The summed E-state index contributed by atoms with van der Waals surface area (Å²) in [5, 5.41) is 27.4. The summed E-state index contributed by atoms with van der Waals surface area (Å²) in [4.78, 5) is 0. The highest BCUT2D eigenvalue weighted by Crippen LogP contribution is 2.49. The van der Waals surface area contributed by atoms with Crippen LogP contribution in [0.25, 0.3) is 11.3 Å².